The monoisotopic (exact) mass is 713 g/mol. The molecule has 9 rings (SSSR count). The summed E-state index contributed by atoms with van der Waals surface area (Å²) in [6.45, 7) is 9.12. The summed E-state index contributed by atoms with van der Waals surface area (Å²) in [5.74, 6) is 2.50. The van der Waals surface area contributed by atoms with Gasteiger partial charge >= 0.3 is 0 Å². The summed E-state index contributed by atoms with van der Waals surface area (Å²) in [6.07, 6.45) is 0. The minimum Gasteiger partial charge on any atom is -0.310 e. The fourth-order valence-electron chi connectivity index (χ4n) is 7.87. The number of nitrogens with zero attached hydrogens (tertiary/aromatic N) is 5. The molecule has 0 fully saturated rings. The van der Waals surface area contributed by atoms with Crippen LogP contribution < -0.4 is 4.90 Å². The number of aromatic nitrogens is 4. The summed E-state index contributed by atoms with van der Waals surface area (Å²) in [4.78, 5) is 12.9. The van der Waals surface area contributed by atoms with Crippen LogP contribution in [0.3, 0.4) is 0 Å². The number of anilines is 3. The van der Waals surface area contributed by atoms with Crippen LogP contribution in [0.15, 0.2) is 176 Å². The average molecular weight is 714 g/mol. The first-order chi connectivity index (χ1) is 27.0. The molecule has 0 radical (unpaired) electrons. The summed E-state index contributed by atoms with van der Waals surface area (Å²) < 4.78 is 4.66. The van der Waals surface area contributed by atoms with Gasteiger partial charge in [-0.3, -0.25) is 9.13 Å². The summed E-state index contributed by atoms with van der Waals surface area (Å²) in [5.41, 5.74) is 14.3. The highest BCUT2D eigenvalue weighted by molar-refractivity contribution is 5.88. The number of benzene rings is 7. The van der Waals surface area contributed by atoms with Crippen molar-refractivity contribution in [2.45, 2.75) is 39.5 Å². The molecule has 0 amide bonds. The molecule has 2 heterocycles. The van der Waals surface area contributed by atoms with Crippen LogP contribution in [-0.4, -0.2) is 19.1 Å². The molecule has 9 aromatic rings. The van der Waals surface area contributed by atoms with E-state index >= 15 is 0 Å². The largest absolute Gasteiger partial charge is 0.310 e. The Kier molecular flexibility index (Phi) is 8.83. The van der Waals surface area contributed by atoms with Gasteiger partial charge in [0.2, 0.25) is 0 Å². The van der Waals surface area contributed by atoms with Gasteiger partial charge in [-0.25, -0.2) is 9.97 Å². The number of fused-ring (bicyclic) bond motifs is 2. The van der Waals surface area contributed by atoms with Crippen molar-refractivity contribution < 1.29 is 0 Å². The maximum atomic E-state index is 5.35. The molecule has 0 aliphatic heterocycles. The zero-order chi connectivity index (χ0) is 37.5. The third-order valence-corrected chi connectivity index (χ3v) is 10.4. The van der Waals surface area contributed by atoms with Crippen LogP contribution in [0.5, 0.6) is 0 Å². The van der Waals surface area contributed by atoms with Crippen molar-refractivity contribution in [2.75, 3.05) is 4.90 Å². The Balaban J connectivity index is 1.23. The van der Waals surface area contributed by atoms with E-state index < -0.39 is 0 Å². The van der Waals surface area contributed by atoms with Gasteiger partial charge in [0.15, 0.2) is 0 Å². The summed E-state index contributed by atoms with van der Waals surface area (Å²) >= 11 is 0. The van der Waals surface area contributed by atoms with Crippen molar-refractivity contribution in [1.29, 1.82) is 0 Å². The van der Waals surface area contributed by atoms with E-state index in [1.54, 1.807) is 0 Å². The van der Waals surface area contributed by atoms with Crippen molar-refractivity contribution in [3.8, 4) is 34.2 Å². The Labute approximate surface area is 322 Å². The Morgan fingerprint density at radius 3 is 1.40 bits per heavy atom. The minimum absolute atomic E-state index is 0.338. The Morgan fingerprint density at radius 2 is 0.855 bits per heavy atom. The maximum absolute atomic E-state index is 5.35. The van der Waals surface area contributed by atoms with E-state index in [1.165, 1.54) is 16.8 Å². The van der Waals surface area contributed by atoms with Gasteiger partial charge in [-0.1, -0.05) is 131 Å². The van der Waals surface area contributed by atoms with Crippen LogP contribution in [0.25, 0.3) is 56.2 Å². The topological polar surface area (TPSA) is 38.9 Å². The van der Waals surface area contributed by atoms with Crippen LogP contribution in [0.4, 0.5) is 17.1 Å². The van der Waals surface area contributed by atoms with E-state index in [9.17, 15) is 0 Å². The SMILES string of the molecule is CC(C)c1cccc(C(C)C)c1-n1c(-c2cccc(N(c3ccccc3)c3cccc(-c4nc5ccccc5n4-c4ccccc4)c3)c2)nc2ccccc21. The second-order valence-electron chi connectivity index (χ2n) is 14.7. The normalized spacial score (nSPS) is 11.6. The third kappa shape index (κ3) is 6.18. The zero-order valence-electron chi connectivity index (χ0n) is 31.6. The Bertz CT molecular complexity index is 2750. The van der Waals surface area contributed by atoms with Crippen molar-refractivity contribution >= 4 is 39.1 Å². The lowest BCUT2D eigenvalue weighted by molar-refractivity contribution is 0.811. The number of hydrogen-bond acceptors (Lipinski definition) is 3. The second kappa shape index (κ2) is 14.3. The molecule has 0 aliphatic carbocycles. The van der Waals surface area contributed by atoms with Crippen LogP contribution in [0, 0.1) is 0 Å². The lowest BCUT2D eigenvalue weighted by atomic mass is 9.92. The first kappa shape index (κ1) is 34.1. The van der Waals surface area contributed by atoms with Crippen LogP contribution in [0.1, 0.15) is 50.7 Å². The molecule has 0 N–H and O–H groups in total. The lowest BCUT2D eigenvalue weighted by Crippen LogP contribution is -2.11. The highest BCUT2D eigenvalue weighted by Crippen LogP contribution is 2.41. The first-order valence-corrected chi connectivity index (χ1v) is 19.2. The van der Waals surface area contributed by atoms with Gasteiger partial charge in [0.25, 0.3) is 0 Å². The van der Waals surface area contributed by atoms with Gasteiger partial charge in [-0.05, 0) is 95.8 Å². The number of hydrogen-bond donors (Lipinski definition) is 0. The predicted molar refractivity (Wildman–Crippen MR) is 229 cm³/mol. The molecule has 7 aromatic carbocycles. The van der Waals surface area contributed by atoms with Gasteiger partial charge in [0.05, 0.1) is 27.8 Å². The van der Waals surface area contributed by atoms with E-state index in [2.05, 4.69) is 212 Å². The average Bonchev–Trinajstić information content (AvgIpc) is 3.81. The minimum atomic E-state index is 0.338. The molecule has 2 aromatic heterocycles. The predicted octanol–water partition coefficient (Wildman–Crippen LogP) is 13.4. The van der Waals surface area contributed by atoms with E-state index in [0.717, 1.165) is 67.6 Å². The van der Waals surface area contributed by atoms with E-state index in [1.807, 2.05) is 6.07 Å². The molecule has 0 atom stereocenters. The number of para-hydroxylation sites is 7. The summed E-state index contributed by atoms with van der Waals surface area (Å²) in [6, 6.07) is 62.2. The molecule has 0 unspecified atom stereocenters. The molecule has 0 spiro atoms. The molecule has 5 heteroatoms. The second-order valence-corrected chi connectivity index (χ2v) is 14.7. The first-order valence-electron chi connectivity index (χ1n) is 19.2. The molecular weight excluding hydrogens is 671 g/mol. The highest BCUT2D eigenvalue weighted by Gasteiger charge is 2.23. The van der Waals surface area contributed by atoms with Gasteiger partial charge < -0.3 is 4.90 Å². The van der Waals surface area contributed by atoms with E-state index in [0.29, 0.717) is 11.8 Å². The molecule has 5 nitrogen and oxygen atoms in total. The third-order valence-electron chi connectivity index (χ3n) is 10.4. The van der Waals surface area contributed by atoms with Gasteiger partial charge in [0.1, 0.15) is 11.6 Å². The van der Waals surface area contributed by atoms with Crippen molar-refractivity contribution in [1.82, 2.24) is 19.1 Å². The van der Waals surface area contributed by atoms with Crippen molar-refractivity contribution in [2.24, 2.45) is 0 Å². The van der Waals surface area contributed by atoms with Crippen molar-refractivity contribution in [3.05, 3.63) is 187 Å². The molecule has 268 valence electrons. The van der Waals surface area contributed by atoms with Gasteiger partial charge in [-0.15, -0.1) is 0 Å². The van der Waals surface area contributed by atoms with Crippen molar-refractivity contribution in [3.63, 3.8) is 0 Å². The summed E-state index contributed by atoms with van der Waals surface area (Å²) in [5, 5.41) is 0. The standard InChI is InChI=1S/C50H43N5/c1-34(2)42-26-17-27-43(35(3)4)48(42)55-47-31-14-12-29-45(47)52-50(55)37-19-16-25-41(33-37)53(38-20-7-5-8-21-38)40-24-15-18-36(32-40)49-51-44-28-11-13-30-46(44)54(49)39-22-9-6-10-23-39/h5-35H,1-4H3. The number of rotatable bonds is 9. The summed E-state index contributed by atoms with van der Waals surface area (Å²) in [7, 11) is 0. The van der Waals surface area contributed by atoms with E-state index in [-0.39, 0.29) is 0 Å². The van der Waals surface area contributed by atoms with Crippen LogP contribution in [0.2, 0.25) is 0 Å². The van der Waals surface area contributed by atoms with E-state index in [4.69, 9.17) is 9.97 Å². The Morgan fingerprint density at radius 1 is 0.418 bits per heavy atom. The molecule has 0 aliphatic rings. The van der Waals surface area contributed by atoms with Gasteiger partial charge in [0, 0.05) is 33.9 Å². The van der Waals surface area contributed by atoms with Crippen LogP contribution >= 0.6 is 0 Å². The van der Waals surface area contributed by atoms with Crippen LogP contribution in [-0.2, 0) is 0 Å². The Hall–Kier alpha value is -6.72. The molecule has 0 saturated carbocycles. The quantitative estimate of drug-likeness (QED) is 0.149. The molecule has 0 saturated heterocycles. The molecule has 55 heavy (non-hydrogen) atoms. The highest BCUT2D eigenvalue weighted by atomic mass is 15.1. The zero-order valence-corrected chi connectivity index (χ0v) is 31.6. The smallest absolute Gasteiger partial charge is 0.145 e. The molecule has 0 bridgehead atoms. The molecular formula is C50H43N5. The lowest BCUT2D eigenvalue weighted by Gasteiger charge is -2.27. The fraction of sp³-hybridized carbons (Fsp3) is 0.120. The fourth-order valence-corrected chi connectivity index (χ4v) is 7.87. The maximum Gasteiger partial charge on any atom is 0.145 e. The number of imidazole rings is 2. The van der Waals surface area contributed by atoms with Gasteiger partial charge in [-0.2, -0.15) is 0 Å².